The van der Waals surface area contributed by atoms with Crippen LogP contribution in [0.2, 0.25) is 5.02 Å². The molecule has 1 unspecified atom stereocenters. The minimum absolute atomic E-state index is 0.121. The second-order valence-electron chi connectivity index (χ2n) is 6.99. The van der Waals surface area contributed by atoms with Crippen LogP contribution >= 0.6 is 11.6 Å². The molecule has 1 fully saturated rings. The minimum Gasteiger partial charge on any atom is -0.337 e. The molecule has 1 aliphatic heterocycles. The lowest BCUT2D eigenvalue weighted by atomic mass is 10.2. The van der Waals surface area contributed by atoms with Crippen LogP contribution in [0.3, 0.4) is 0 Å². The number of amides is 1. The highest BCUT2D eigenvalue weighted by Gasteiger charge is 2.34. The van der Waals surface area contributed by atoms with Crippen molar-refractivity contribution in [2.45, 2.75) is 23.8 Å². The van der Waals surface area contributed by atoms with Crippen LogP contribution in [0.25, 0.3) is 11.4 Å². The average molecular weight is 465 g/mol. The van der Waals surface area contributed by atoms with E-state index >= 15 is 0 Å². The highest BCUT2D eigenvalue weighted by Crippen LogP contribution is 2.32. The Balaban J connectivity index is 1.44. The number of nitrogens with zero attached hydrogens (tertiary/aromatic N) is 3. The maximum Gasteiger partial charge on any atom is 0.249 e. The van der Waals surface area contributed by atoms with E-state index in [1.54, 1.807) is 24.3 Å². The molecule has 0 saturated carbocycles. The number of sulfonamides is 1. The van der Waals surface area contributed by atoms with E-state index in [2.05, 4.69) is 14.9 Å². The zero-order valence-corrected chi connectivity index (χ0v) is 17.7. The molecular formula is C20H18ClFN4O4S. The van der Waals surface area contributed by atoms with E-state index in [1.165, 1.54) is 4.90 Å². The maximum absolute atomic E-state index is 13.0. The van der Waals surface area contributed by atoms with Crippen molar-refractivity contribution in [2.75, 3.05) is 13.1 Å². The molecular weight excluding hydrogens is 447 g/mol. The number of nitrogens with one attached hydrogen (secondary N) is 1. The van der Waals surface area contributed by atoms with Crippen molar-refractivity contribution in [3.05, 3.63) is 65.3 Å². The predicted octanol–water partition coefficient (Wildman–Crippen LogP) is 3.17. The highest BCUT2D eigenvalue weighted by atomic mass is 35.5. The lowest BCUT2D eigenvalue weighted by molar-refractivity contribution is -0.131. The predicted molar refractivity (Wildman–Crippen MR) is 110 cm³/mol. The van der Waals surface area contributed by atoms with Gasteiger partial charge in [-0.1, -0.05) is 16.8 Å². The molecule has 1 aromatic heterocycles. The Labute approximate surface area is 183 Å². The van der Waals surface area contributed by atoms with E-state index < -0.39 is 34.3 Å². The number of carbonyl (C=O) groups is 1. The standard InChI is InChI=1S/C20H18ClFN4O4S/c21-14-5-3-13(4-6-14)19-24-20(30-25-19)17-2-1-11-26(17)18(27)12-23-31(28,29)16-9-7-15(22)8-10-16/h3-10,17,23H,1-2,11-12H2. The molecule has 0 aliphatic carbocycles. The molecule has 31 heavy (non-hydrogen) atoms. The fourth-order valence-electron chi connectivity index (χ4n) is 3.36. The second kappa shape index (κ2) is 8.74. The molecule has 8 nitrogen and oxygen atoms in total. The van der Waals surface area contributed by atoms with Crippen molar-refractivity contribution in [1.29, 1.82) is 0 Å². The lowest BCUT2D eigenvalue weighted by Gasteiger charge is -2.22. The fourth-order valence-corrected chi connectivity index (χ4v) is 4.46. The number of likely N-dealkylation sites (tertiary alicyclic amines) is 1. The summed E-state index contributed by atoms with van der Waals surface area (Å²) in [6, 6.07) is 10.9. The van der Waals surface area contributed by atoms with Gasteiger partial charge >= 0.3 is 0 Å². The van der Waals surface area contributed by atoms with Gasteiger partial charge in [0.05, 0.1) is 11.4 Å². The average Bonchev–Trinajstić information content (AvgIpc) is 3.42. The van der Waals surface area contributed by atoms with Gasteiger partial charge in [-0.15, -0.1) is 0 Å². The Morgan fingerprint density at radius 2 is 1.90 bits per heavy atom. The molecule has 1 saturated heterocycles. The molecule has 0 spiro atoms. The Kier molecular flexibility index (Phi) is 6.03. The summed E-state index contributed by atoms with van der Waals surface area (Å²) >= 11 is 5.90. The van der Waals surface area contributed by atoms with Gasteiger partial charge in [0.25, 0.3) is 0 Å². The van der Waals surface area contributed by atoms with Crippen molar-refractivity contribution in [1.82, 2.24) is 19.8 Å². The molecule has 2 aromatic carbocycles. The van der Waals surface area contributed by atoms with E-state index in [0.717, 1.165) is 36.2 Å². The van der Waals surface area contributed by atoms with Crippen molar-refractivity contribution in [3.8, 4) is 11.4 Å². The van der Waals surface area contributed by atoms with Gasteiger partial charge in [0.2, 0.25) is 27.6 Å². The third-order valence-electron chi connectivity index (χ3n) is 4.94. The number of carbonyl (C=O) groups excluding carboxylic acids is 1. The number of halogens is 2. The maximum atomic E-state index is 13.0. The molecule has 4 rings (SSSR count). The van der Waals surface area contributed by atoms with Crippen LogP contribution in [0.4, 0.5) is 4.39 Å². The quantitative estimate of drug-likeness (QED) is 0.600. The first-order valence-electron chi connectivity index (χ1n) is 9.48. The largest absolute Gasteiger partial charge is 0.337 e. The molecule has 1 amide bonds. The molecule has 1 N–H and O–H groups in total. The Hall–Kier alpha value is -2.82. The van der Waals surface area contributed by atoms with Gasteiger partial charge < -0.3 is 9.42 Å². The summed E-state index contributed by atoms with van der Waals surface area (Å²) in [5.74, 6) is -0.299. The Morgan fingerprint density at radius 1 is 1.19 bits per heavy atom. The molecule has 2 heterocycles. The SMILES string of the molecule is O=C(CNS(=O)(=O)c1ccc(F)cc1)N1CCCC1c1nc(-c2ccc(Cl)cc2)no1. The summed E-state index contributed by atoms with van der Waals surface area (Å²) in [6.07, 6.45) is 1.35. The monoisotopic (exact) mass is 464 g/mol. The van der Waals surface area contributed by atoms with Crippen LogP contribution in [0, 0.1) is 5.82 Å². The molecule has 1 atom stereocenters. The van der Waals surface area contributed by atoms with Gasteiger partial charge in [-0.2, -0.15) is 4.98 Å². The summed E-state index contributed by atoms with van der Waals surface area (Å²) < 4.78 is 45.3. The summed E-state index contributed by atoms with van der Waals surface area (Å²) in [7, 11) is -3.95. The topological polar surface area (TPSA) is 105 Å². The van der Waals surface area contributed by atoms with E-state index in [4.69, 9.17) is 16.1 Å². The summed E-state index contributed by atoms with van der Waals surface area (Å²) in [5.41, 5.74) is 0.724. The molecule has 11 heteroatoms. The first kappa shape index (κ1) is 21.4. The molecule has 162 valence electrons. The summed E-state index contributed by atoms with van der Waals surface area (Å²) in [6.45, 7) is 0.00875. The van der Waals surface area contributed by atoms with Crippen LogP contribution in [0.5, 0.6) is 0 Å². The molecule has 0 radical (unpaired) electrons. The van der Waals surface area contributed by atoms with E-state index in [1.807, 2.05) is 0 Å². The van der Waals surface area contributed by atoms with Gasteiger partial charge in [-0.05, 0) is 61.4 Å². The van der Waals surface area contributed by atoms with Crippen molar-refractivity contribution in [3.63, 3.8) is 0 Å². The van der Waals surface area contributed by atoms with Crippen molar-refractivity contribution in [2.24, 2.45) is 0 Å². The number of benzene rings is 2. The van der Waals surface area contributed by atoms with Gasteiger partial charge in [0, 0.05) is 17.1 Å². The number of hydrogen-bond donors (Lipinski definition) is 1. The Bertz CT molecular complexity index is 1180. The van der Waals surface area contributed by atoms with Crippen LogP contribution < -0.4 is 4.72 Å². The van der Waals surface area contributed by atoms with Gasteiger partial charge in [0.1, 0.15) is 11.9 Å². The van der Waals surface area contributed by atoms with Crippen molar-refractivity contribution >= 4 is 27.5 Å². The van der Waals surface area contributed by atoms with E-state index in [-0.39, 0.29) is 10.8 Å². The van der Waals surface area contributed by atoms with Gasteiger partial charge in [-0.25, -0.2) is 17.5 Å². The zero-order valence-electron chi connectivity index (χ0n) is 16.2. The van der Waals surface area contributed by atoms with E-state index in [0.29, 0.717) is 23.8 Å². The Morgan fingerprint density at radius 3 is 2.61 bits per heavy atom. The van der Waals surface area contributed by atoms with E-state index in [9.17, 15) is 17.6 Å². The normalized spacial score (nSPS) is 16.6. The smallest absolute Gasteiger partial charge is 0.249 e. The van der Waals surface area contributed by atoms with Crippen LogP contribution in [-0.2, 0) is 14.8 Å². The van der Waals surface area contributed by atoms with Crippen LogP contribution in [0.15, 0.2) is 57.9 Å². The third kappa shape index (κ3) is 4.76. The second-order valence-corrected chi connectivity index (χ2v) is 9.19. The molecule has 0 bridgehead atoms. The van der Waals surface area contributed by atoms with Crippen LogP contribution in [0.1, 0.15) is 24.8 Å². The van der Waals surface area contributed by atoms with Crippen molar-refractivity contribution < 1.29 is 22.1 Å². The lowest BCUT2D eigenvalue weighted by Crippen LogP contribution is -2.39. The third-order valence-corrected chi connectivity index (χ3v) is 6.61. The first-order chi connectivity index (χ1) is 14.8. The zero-order chi connectivity index (χ0) is 22.0. The number of rotatable bonds is 6. The number of hydrogen-bond acceptors (Lipinski definition) is 6. The fraction of sp³-hybridized carbons (Fsp3) is 0.250. The summed E-state index contributed by atoms with van der Waals surface area (Å²) in [4.78, 5) is 18.5. The molecule has 1 aliphatic rings. The minimum atomic E-state index is -3.95. The molecule has 3 aromatic rings. The summed E-state index contributed by atoms with van der Waals surface area (Å²) in [5, 5.41) is 4.56. The number of aromatic nitrogens is 2. The van der Waals surface area contributed by atoms with Crippen LogP contribution in [-0.4, -0.2) is 42.5 Å². The van der Waals surface area contributed by atoms with Gasteiger partial charge in [-0.3, -0.25) is 4.79 Å². The first-order valence-corrected chi connectivity index (χ1v) is 11.3. The van der Waals surface area contributed by atoms with Gasteiger partial charge in [0.15, 0.2) is 0 Å². The highest BCUT2D eigenvalue weighted by molar-refractivity contribution is 7.89.